The van der Waals surface area contributed by atoms with Gasteiger partial charge in [-0.25, -0.2) is 9.88 Å². The van der Waals surface area contributed by atoms with Crippen LogP contribution in [0.2, 0.25) is 0 Å². The number of rotatable bonds is 6. The molecule has 1 aromatic heterocycles. The summed E-state index contributed by atoms with van der Waals surface area (Å²) in [6.45, 7) is 8.35. The van der Waals surface area contributed by atoms with Crippen molar-refractivity contribution in [2.24, 2.45) is 10.9 Å². The average Bonchev–Trinajstić information content (AvgIpc) is 3.32. The van der Waals surface area contributed by atoms with Gasteiger partial charge in [-0.15, -0.1) is 0 Å². The number of fused-ring (bicyclic) bond motifs is 1. The zero-order valence-electron chi connectivity index (χ0n) is 18.5. The highest BCUT2D eigenvalue weighted by molar-refractivity contribution is 5.97. The minimum absolute atomic E-state index is 0.00900. The molecule has 1 unspecified atom stereocenters. The molecule has 2 N–H and O–H groups in total. The number of amidine groups is 1. The van der Waals surface area contributed by atoms with Gasteiger partial charge in [0.05, 0.1) is 18.4 Å². The third kappa shape index (κ3) is 4.25. The number of hydrogen-bond donors (Lipinski definition) is 2. The summed E-state index contributed by atoms with van der Waals surface area (Å²) in [6, 6.07) is 5.79. The number of benzene rings is 1. The fourth-order valence-corrected chi connectivity index (χ4v) is 3.81. The number of hydrogen-bond acceptors (Lipinski definition) is 6. The number of nitrogens with one attached hydrogen (secondary N) is 2. The van der Waals surface area contributed by atoms with E-state index in [1.165, 1.54) is 6.39 Å². The molecule has 3 heterocycles. The van der Waals surface area contributed by atoms with E-state index in [4.69, 9.17) is 14.1 Å². The smallest absolute Gasteiger partial charge is 0.258 e. The van der Waals surface area contributed by atoms with Crippen molar-refractivity contribution < 1.29 is 18.8 Å². The van der Waals surface area contributed by atoms with Crippen molar-refractivity contribution in [3.8, 4) is 17.1 Å². The van der Waals surface area contributed by atoms with E-state index in [1.807, 2.05) is 31.3 Å². The van der Waals surface area contributed by atoms with Crippen LogP contribution in [0.4, 0.5) is 5.69 Å². The van der Waals surface area contributed by atoms with Crippen LogP contribution in [0, 0.1) is 12.8 Å². The number of nitrogens with zero attached hydrogens (tertiary/aromatic N) is 3. The summed E-state index contributed by atoms with van der Waals surface area (Å²) in [6.07, 6.45) is 6.27. The summed E-state index contributed by atoms with van der Waals surface area (Å²) >= 11 is 0. The third-order valence-corrected chi connectivity index (χ3v) is 5.27. The highest BCUT2D eigenvalue weighted by Gasteiger charge is 2.34. The fraction of sp³-hybridized carbons (Fsp3) is 0.348. The zero-order valence-corrected chi connectivity index (χ0v) is 18.5. The lowest BCUT2D eigenvalue weighted by Gasteiger charge is -2.27. The number of aliphatic imine (C=N–C) groups is 1. The van der Waals surface area contributed by atoms with Crippen molar-refractivity contribution in [3.63, 3.8) is 0 Å². The number of methoxy groups -OCH3 is 1. The van der Waals surface area contributed by atoms with Gasteiger partial charge in [0.1, 0.15) is 23.3 Å². The van der Waals surface area contributed by atoms with Crippen molar-refractivity contribution >= 4 is 17.4 Å². The molecule has 2 aliphatic heterocycles. The summed E-state index contributed by atoms with van der Waals surface area (Å²) in [5.74, 6) is 2.74. The molecular formula is C23H28N5O3+. The Balaban J connectivity index is 1.65. The number of aromatic nitrogens is 1. The molecule has 162 valence electrons. The number of oxazole rings is 1. The second-order valence-corrected chi connectivity index (χ2v) is 8.22. The number of ether oxygens (including phenoxy) is 1. The number of quaternary nitrogens is 1. The number of aryl methyl sites for hydroxylation is 1. The van der Waals surface area contributed by atoms with E-state index in [1.54, 1.807) is 18.9 Å². The minimum atomic E-state index is -0.00900. The van der Waals surface area contributed by atoms with E-state index < -0.39 is 0 Å². The van der Waals surface area contributed by atoms with Gasteiger partial charge in [0.15, 0.2) is 18.8 Å². The van der Waals surface area contributed by atoms with Gasteiger partial charge in [-0.1, -0.05) is 13.8 Å². The maximum absolute atomic E-state index is 12.1. The lowest BCUT2D eigenvalue weighted by atomic mass is 10.1. The molecule has 8 heteroatoms. The molecule has 2 aromatic rings. The quantitative estimate of drug-likeness (QED) is 0.748. The molecule has 0 spiro atoms. The second-order valence-electron chi connectivity index (χ2n) is 8.22. The van der Waals surface area contributed by atoms with E-state index in [0.717, 1.165) is 45.5 Å². The molecule has 1 atom stereocenters. The Morgan fingerprint density at radius 2 is 2.19 bits per heavy atom. The van der Waals surface area contributed by atoms with E-state index in [-0.39, 0.29) is 5.91 Å². The predicted octanol–water partition coefficient (Wildman–Crippen LogP) is 2.92. The van der Waals surface area contributed by atoms with Crippen LogP contribution < -0.4 is 15.0 Å². The van der Waals surface area contributed by atoms with Crippen LogP contribution in [-0.2, 0) is 4.79 Å². The van der Waals surface area contributed by atoms with E-state index in [2.05, 4.69) is 30.3 Å². The summed E-state index contributed by atoms with van der Waals surface area (Å²) in [5.41, 5.74) is 4.30. The van der Waals surface area contributed by atoms with Crippen LogP contribution in [0.3, 0.4) is 0 Å². The molecule has 0 saturated heterocycles. The molecule has 0 bridgehead atoms. The Morgan fingerprint density at radius 3 is 2.84 bits per heavy atom. The molecule has 0 radical (unpaired) electrons. The van der Waals surface area contributed by atoms with Gasteiger partial charge < -0.3 is 14.5 Å². The normalized spacial score (nSPS) is 17.8. The molecular weight excluding hydrogens is 394 g/mol. The molecule has 0 saturated carbocycles. The first-order valence-electron chi connectivity index (χ1n) is 10.4. The minimum Gasteiger partial charge on any atom is -0.496 e. The van der Waals surface area contributed by atoms with Crippen LogP contribution in [0.25, 0.3) is 11.3 Å². The lowest BCUT2D eigenvalue weighted by molar-refractivity contribution is -0.756. The lowest BCUT2D eigenvalue weighted by Crippen LogP contribution is -3.12. The van der Waals surface area contributed by atoms with Crippen LogP contribution >= 0.6 is 0 Å². The van der Waals surface area contributed by atoms with Crippen molar-refractivity contribution in [3.05, 3.63) is 54.1 Å². The van der Waals surface area contributed by atoms with Crippen LogP contribution in [0.5, 0.6) is 5.75 Å². The summed E-state index contributed by atoms with van der Waals surface area (Å²) in [4.78, 5) is 23.9. The predicted molar refractivity (Wildman–Crippen MR) is 118 cm³/mol. The van der Waals surface area contributed by atoms with E-state index in [0.29, 0.717) is 24.1 Å². The first-order chi connectivity index (χ1) is 14.9. The number of carbonyl (C=O) groups is 1. The third-order valence-electron chi connectivity index (χ3n) is 5.27. The Labute approximate surface area is 181 Å². The molecule has 4 rings (SSSR count). The van der Waals surface area contributed by atoms with Gasteiger partial charge >= 0.3 is 0 Å². The average molecular weight is 423 g/mol. The van der Waals surface area contributed by atoms with E-state index >= 15 is 0 Å². The number of carbonyl (C=O) groups excluding carboxylic acids is 1. The van der Waals surface area contributed by atoms with Crippen LogP contribution in [0.15, 0.2) is 57.8 Å². The summed E-state index contributed by atoms with van der Waals surface area (Å²) in [5, 5.41) is 3.43. The molecule has 1 aromatic carbocycles. The van der Waals surface area contributed by atoms with E-state index in [9.17, 15) is 4.79 Å². The molecule has 2 aliphatic rings. The number of anilines is 1. The largest absolute Gasteiger partial charge is 0.496 e. The standard InChI is InChI=1S/C23H27N5O3/c1-14(2)8-18-10-28-13-27(16(4)29)11-20(23(28)26-18)25-17-6-7-19(21(9-17)30-5)22-15(3)24-12-31-22/h6-7,9-12,14,25H,8,13H2,1-5H3/p+1. The van der Waals surface area contributed by atoms with Gasteiger partial charge in [-0.3, -0.25) is 9.69 Å². The molecule has 31 heavy (non-hydrogen) atoms. The summed E-state index contributed by atoms with van der Waals surface area (Å²) < 4.78 is 11.1. The SMILES string of the molecule is COc1cc(NC2=CN(C(C)=O)C[NH+]3C=C(CC(C)C)N=C23)ccc1-c1ocnc1C. The number of amides is 1. The van der Waals surface area contributed by atoms with Crippen molar-refractivity contribution in [2.75, 3.05) is 19.1 Å². The molecule has 0 aliphatic carbocycles. The van der Waals surface area contributed by atoms with Gasteiger partial charge in [-0.05, 0) is 31.4 Å². The molecule has 8 nitrogen and oxygen atoms in total. The topological polar surface area (TPSA) is 84.4 Å². The Kier molecular flexibility index (Phi) is 5.65. The summed E-state index contributed by atoms with van der Waals surface area (Å²) in [7, 11) is 1.63. The Bertz CT molecular complexity index is 1100. The maximum atomic E-state index is 12.1. The van der Waals surface area contributed by atoms with Crippen molar-refractivity contribution in [1.82, 2.24) is 9.88 Å². The zero-order chi connectivity index (χ0) is 22.1. The van der Waals surface area contributed by atoms with Crippen LogP contribution in [-0.4, -0.2) is 35.4 Å². The Hall–Kier alpha value is -3.39. The van der Waals surface area contributed by atoms with Crippen molar-refractivity contribution in [2.45, 2.75) is 34.1 Å². The monoisotopic (exact) mass is 422 g/mol. The molecule has 0 fully saturated rings. The van der Waals surface area contributed by atoms with Gasteiger partial charge in [0.2, 0.25) is 5.91 Å². The first-order valence-corrected chi connectivity index (χ1v) is 10.4. The first kappa shape index (κ1) is 20.9. The maximum Gasteiger partial charge on any atom is 0.258 e. The van der Waals surface area contributed by atoms with Gasteiger partial charge in [0, 0.05) is 24.9 Å². The molecule has 1 amide bonds. The van der Waals surface area contributed by atoms with Gasteiger partial charge in [-0.2, -0.15) is 4.99 Å². The number of allylic oxidation sites excluding steroid dienone is 1. The fourth-order valence-electron chi connectivity index (χ4n) is 3.81. The Morgan fingerprint density at radius 1 is 1.39 bits per heavy atom. The van der Waals surface area contributed by atoms with Crippen LogP contribution in [0.1, 0.15) is 32.9 Å². The highest BCUT2D eigenvalue weighted by atomic mass is 16.5. The highest BCUT2D eigenvalue weighted by Crippen LogP contribution is 2.34. The van der Waals surface area contributed by atoms with Crippen molar-refractivity contribution in [1.29, 1.82) is 0 Å². The van der Waals surface area contributed by atoms with Gasteiger partial charge in [0.25, 0.3) is 5.84 Å². The second kappa shape index (κ2) is 8.39.